The third kappa shape index (κ3) is 3.45. The van der Waals surface area contributed by atoms with Crippen LogP contribution in [0.15, 0.2) is 48.9 Å². The van der Waals surface area contributed by atoms with Crippen LogP contribution in [0.5, 0.6) is 0 Å². The Kier molecular flexibility index (Phi) is 4.86. The molecule has 0 spiro atoms. The molecule has 9 heteroatoms. The van der Waals surface area contributed by atoms with Gasteiger partial charge in [-0.25, -0.2) is 23.1 Å². The average molecular weight is 410 g/mol. The Bertz CT molecular complexity index is 1240. The van der Waals surface area contributed by atoms with Gasteiger partial charge in [-0.05, 0) is 36.2 Å². The predicted molar refractivity (Wildman–Crippen MR) is 110 cm³/mol. The molecule has 0 aliphatic rings. The summed E-state index contributed by atoms with van der Waals surface area (Å²) in [6, 6.07) is 7.13. The number of nitrogens with two attached hydrogens (primary N) is 2. The summed E-state index contributed by atoms with van der Waals surface area (Å²) < 4.78 is 42.3. The van der Waals surface area contributed by atoms with Crippen LogP contribution in [0.2, 0.25) is 0 Å². The van der Waals surface area contributed by atoms with Gasteiger partial charge < -0.3 is 16.8 Å². The van der Waals surface area contributed by atoms with E-state index < -0.39 is 23.5 Å². The molecule has 4 rings (SSSR count). The summed E-state index contributed by atoms with van der Waals surface area (Å²) in [5.74, 6) is -1.61. The average Bonchev–Trinajstić information content (AvgIpc) is 2.70. The van der Waals surface area contributed by atoms with Crippen molar-refractivity contribution in [3.63, 3.8) is 0 Å². The van der Waals surface area contributed by atoms with E-state index in [0.717, 1.165) is 6.07 Å². The van der Waals surface area contributed by atoms with E-state index >= 15 is 0 Å². The summed E-state index contributed by atoms with van der Waals surface area (Å²) in [4.78, 5) is 12.1. The summed E-state index contributed by atoms with van der Waals surface area (Å²) in [6.45, 7) is 1.79. The van der Waals surface area contributed by atoms with Gasteiger partial charge in [0.05, 0.1) is 6.04 Å². The minimum Gasteiger partial charge on any atom is -0.393 e. The van der Waals surface area contributed by atoms with Crippen molar-refractivity contribution in [2.24, 2.45) is 0 Å². The molecular formula is C21H17F3N6. The topological polar surface area (TPSA) is 103 Å². The third-order valence-electron chi connectivity index (χ3n) is 4.76. The Hall–Kier alpha value is -3.88. The highest BCUT2D eigenvalue weighted by Gasteiger charge is 2.20. The minimum absolute atomic E-state index is 0.0962. The van der Waals surface area contributed by atoms with Gasteiger partial charge in [-0.3, -0.25) is 4.98 Å². The third-order valence-corrected chi connectivity index (χ3v) is 4.76. The second-order valence-corrected chi connectivity index (χ2v) is 6.77. The maximum Gasteiger partial charge on any atom is 0.155 e. The van der Waals surface area contributed by atoms with Crippen molar-refractivity contribution in [2.75, 3.05) is 16.8 Å². The summed E-state index contributed by atoms with van der Waals surface area (Å²) >= 11 is 0. The lowest BCUT2D eigenvalue weighted by Gasteiger charge is -2.21. The Morgan fingerprint density at radius 2 is 1.70 bits per heavy atom. The van der Waals surface area contributed by atoms with E-state index in [9.17, 15) is 13.2 Å². The van der Waals surface area contributed by atoms with Crippen LogP contribution in [-0.4, -0.2) is 15.0 Å². The SMILES string of the molecule is CC(Nc1ncnc(N)c1N)c1cnc2c(F)cccc2c1-c1cc(F)cc(F)c1. The number of hydrogen-bond donors (Lipinski definition) is 3. The summed E-state index contributed by atoms with van der Waals surface area (Å²) in [5, 5.41) is 3.53. The van der Waals surface area contributed by atoms with Gasteiger partial charge in [-0.2, -0.15) is 0 Å². The second-order valence-electron chi connectivity index (χ2n) is 6.77. The highest BCUT2D eigenvalue weighted by atomic mass is 19.1. The number of pyridine rings is 1. The first-order valence-corrected chi connectivity index (χ1v) is 9.01. The van der Waals surface area contributed by atoms with Gasteiger partial charge in [0.15, 0.2) is 11.6 Å². The molecule has 0 aliphatic carbocycles. The number of benzene rings is 2. The molecule has 0 bridgehead atoms. The number of halogens is 3. The molecule has 4 aromatic rings. The largest absolute Gasteiger partial charge is 0.393 e. The van der Waals surface area contributed by atoms with Gasteiger partial charge in [0.2, 0.25) is 0 Å². The molecule has 0 fully saturated rings. The Balaban J connectivity index is 1.92. The fourth-order valence-electron chi connectivity index (χ4n) is 3.36. The Morgan fingerprint density at radius 3 is 2.43 bits per heavy atom. The first-order valence-electron chi connectivity index (χ1n) is 9.01. The molecule has 0 aliphatic heterocycles. The molecule has 152 valence electrons. The zero-order valence-corrected chi connectivity index (χ0v) is 15.8. The molecule has 6 nitrogen and oxygen atoms in total. The first kappa shape index (κ1) is 19.4. The van der Waals surface area contributed by atoms with E-state index in [0.29, 0.717) is 22.3 Å². The molecule has 0 saturated carbocycles. The van der Waals surface area contributed by atoms with E-state index in [1.807, 2.05) is 0 Å². The number of nitrogen functional groups attached to an aromatic ring is 2. The molecule has 30 heavy (non-hydrogen) atoms. The summed E-state index contributed by atoms with van der Waals surface area (Å²) in [5.41, 5.74) is 13.2. The molecule has 5 N–H and O–H groups in total. The predicted octanol–water partition coefficient (Wildman–Crippen LogP) is 4.45. The maximum absolute atomic E-state index is 14.3. The van der Waals surface area contributed by atoms with Crippen LogP contribution in [0.1, 0.15) is 18.5 Å². The van der Waals surface area contributed by atoms with Crippen molar-refractivity contribution in [3.8, 4) is 11.1 Å². The molecule has 2 heterocycles. The zero-order chi connectivity index (χ0) is 21.4. The highest BCUT2D eigenvalue weighted by Crippen LogP contribution is 2.37. The monoisotopic (exact) mass is 410 g/mol. The maximum atomic E-state index is 14.3. The zero-order valence-electron chi connectivity index (χ0n) is 15.8. The molecule has 1 unspecified atom stereocenters. The van der Waals surface area contributed by atoms with E-state index in [1.165, 1.54) is 36.8 Å². The van der Waals surface area contributed by atoms with E-state index in [4.69, 9.17) is 11.5 Å². The van der Waals surface area contributed by atoms with Gasteiger partial charge in [0.1, 0.15) is 35.0 Å². The quantitative estimate of drug-likeness (QED) is 0.459. The number of hydrogen-bond acceptors (Lipinski definition) is 6. The fourth-order valence-corrected chi connectivity index (χ4v) is 3.36. The van der Waals surface area contributed by atoms with Crippen molar-refractivity contribution >= 4 is 28.2 Å². The number of nitrogens with zero attached hydrogens (tertiary/aromatic N) is 3. The molecule has 0 radical (unpaired) electrons. The number of para-hydroxylation sites is 1. The number of rotatable bonds is 4. The number of aromatic nitrogens is 3. The standard InChI is InChI=1S/C21H17F3N6/c1-10(30-21-18(25)20(26)28-9-29-21)15-8-27-19-14(3-2-4-16(19)24)17(15)11-5-12(22)7-13(23)6-11/h2-10H,25H2,1H3,(H3,26,28,29,30). The number of fused-ring (bicyclic) bond motifs is 1. The summed E-state index contributed by atoms with van der Waals surface area (Å²) in [7, 11) is 0. The van der Waals surface area contributed by atoms with Gasteiger partial charge >= 0.3 is 0 Å². The van der Waals surface area contributed by atoms with Crippen molar-refractivity contribution in [3.05, 3.63) is 71.9 Å². The van der Waals surface area contributed by atoms with E-state index in [2.05, 4.69) is 20.3 Å². The van der Waals surface area contributed by atoms with Crippen LogP contribution < -0.4 is 16.8 Å². The van der Waals surface area contributed by atoms with Gasteiger partial charge in [-0.15, -0.1) is 0 Å². The Labute approximate surface area is 169 Å². The lowest BCUT2D eigenvalue weighted by Crippen LogP contribution is -2.13. The number of anilines is 3. The number of nitrogens with one attached hydrogen (secondary N) is 1. The molecule has 0 saturated heterocycles. The van der Waals surface area contributed by atoms with E-state index in [1.54, 1.807) is 13.0 Å². The Morgan fingerprint density at radius 1 is 0.967 bits per heavy atom. The lowest BCUT2D eigenvalue weighted by molar-refractivity contribution is 0.584. The van der Waals surface area contributed by atoms with Crippen LogP contribution in [-0.2, 0) is 0 Å². The molecular weight excluding hydrogens is 393 g/mol. The van der Waals surface area contributed by atoms with Crippen LogP contribution >= 0.6 is 0 Å². The van der Waals surface area contributed by atoms with Crippen molar-refractivity contribution < 1.29 is 13.2 Å². The second kappa shape index (κ2) is 7.51. The van der Waals surface area contributed by atoms with Crippen LogP contribution in [0, 0.1) is 17.5 Å². The van der Waals surface area contributed by atoms with Crippen molar-refractivity contribution in [1.29, 1.82) is 0 Å². The molecule has 2 aromatic heterocycles. The fraction of sp³-hybridized carbons (Fsp3) is 0.0952. The van der Waals surface area contributed by atoms with Crippen molar-refractivity contribution in [1.82, 2.24) is 15.0 Å². The molecule has 0 amide bonds. The van der Waals surface area contributed by atoms with Crippen molar-refractivity contribution in [2.45, 2.75) is 13.0 Å². The minimum atomic E-state index is -0.745. The smallest absolute Gasteiger partial charge is 0.155 e. The highest BCUT2D eigenvalue weighted by molar-refractivity contribution is 5.96. The van der Waals surface area contributed by atoms with Crippen LogP contribution in [0.3, 0.4) is 0 Å². The normalized spacial score (nSPS) is 12.1. The molecule has 2 aromatic carbocycles. The van der Waals surface area contributed by atoms with E-state index in [-0.39, 0.29) is 22.6 Å². The van der Waals surface area contributed by atoms with Gasteiger partial charge in [0.25, 0.3) is 0 Å². The lowest BCUT2D eigenvalue weighted by atomic mass is 9.93. The molecule has 1 atom stereocenters. The van der Waals surface area contributed by atoms with Crippen LogP contribution in [0.25, 0.3) is 22.0 Å². The summed E-state index contributed by atoms with van der Waals surface area (Å²) in [6.07, 6.45) is 2.72. The van der Waals surface area contributed by atoms with Crippen LogP contribution in [0.4, 0.5) is 30.5 Å². The first-order chi connectivity index (χ1) is 14.3. The van der Waals surface area contributed by atoms with Gasteiger partial charge in [0, 0.05) is 23.2 Å². The van der Waals surface area contributed by atoms with Gasteiger partial charge in [-0.1, -0.05) is 12.1 Å².